The smallest absolute Gasteiger partial charge is 0.365 e. The summed E-state index contributed by atoms with van der Waals surface area (Å²) in [5.41, 5.74) is 3.51. The van der Waals surface area contributed by atoms with Crippen molar-refractivity contribution in [2.45, 2.75) is 57.7 Å². The monoisotopic (exact) mass is 557 g/mol. The molecule has 0 fully saturated rings. The number of nitrogens with zero attached hydrogens (tertiary/aromatic N) is 2. The number of ether oxygens (including phenoxy) is 3. The summed E-state index contributed by atoms with van der Waals surface area (Å²) in [6, 6.07) is 26.4. The molecule has 0 aliphatic rings. The summed E-state index contributed by atoms with van der Waals surface area (Å²) in [6.45, 7) is 2.06. The second-order valence-corrected chi connectivity index (χ2v) is 11.6. The van der Waals surface area contributed by atoms with Crippen molar-refractivity contribution in [1.29, 1.82) is 0 Å². The molecule has 218 valence electrons. The fourth-order valence-corrected chi connectivity index (χ4v) is 5.05. The van der Waals surface area contributed by atoms with Gasteiger partial charge in [-0.1, -0.05) is 61.7 Å². The van der Waals surface area contributed by atoms with Gasteiger partial charge in [-0.15, -0.1) is 0 Å². The maximum atomic E-state index is 12.9. The fraction of sp³-hybridized carbons (Fsp3) is 0.400. The molecule has 0 spiro atoms. The molecule has 0 N–H and O–H groups in total. The summed E-state index contributed by atoms with van der Waals surface area (Å²) < 4.78 is 19.8. The highest BCUT2D eigenvalue weighted by atomic mass is 16.5. The minimum absolute atomic E-state index is 0.124. The van der Waals surface area contributed by atoms with Gasteiger partial charge in [-0.05, 0) is 60.4 Å². The van der Waals surface area contributed by atoms with Crippen LogP contribution in [0, 0.1) is 0 Å². The first-order chi connectivity index (χ1) is 19.8. The van der Waals surface area contributed by atoms with E-state index in [1.807, 2.05) is 63.6 Å². The number of hydrogen-bond acceptors (Lipinski definition) is 4. The van der Waals surface area contributed by atoms with Crippen molar-refractivity contribution in [2.24, 2.45) is 0 Å². The average Bonchev–Trinajstić information content (AvgIpc) is 3.38. The van der Waals surface area contributed by atoms with Gasteiger partial charge < -0.3 is 23.3 Å². The molecule has 0 saturated heterocycles. The molecule has 4 rings (SSSR count). The number of rotatable bonds is 16. The molecule has 6 nitrogen and oxygen atoms in total. The van der Waals surface area contributed by atoms with Crippen LogP contribution in [0.25, 0.3) is 10.9 Å². The SMILES string of the molecule is COc1ccc(CC(C(=O)OCCCCCCCn2ccc3cc(OCc4ccccc4)ccc32)[N+](C)(C)C)cc1. The van der Waals surface area contributed by atoms with Crippen molar-refractivity contribution < 1.29 is 23.5 Å². The largest absolute Gasteiger partial charge is 0.497 e. The fourth-order valence-electron chi connectivity index (χ4n) is 5.05. The number of hydrogen-bond donors (Lipinski definition) is 0. The van der Waals surface area contributed by atoms with Gasteiger partial charge in [0.15, 0.2) is 6.04 Å². The van der Waals surface area contributed by atoms with E-state index in [1.165, 1.54) is 16.5 Å². The van der Waals surface area contributed by atoms with Crippen LogP contribution in [0.3, 0.4) is 0 Å². The predicted molar refractivity (Wildman–Crippen MR) is 165 cm³/mol. The maximum Gasteiger partial charge on any atom is 0.365 e. The van der Waals surface area contributed by atoms with Crippen LogP contribution in [-0.4, -0.2) is 55.9 Å². The first-order valence-corrected chi connectivity index (χ1v) is 14.7. The summed E-state index contributed by atoms with van der Waals surface area (Å²) in [5, 5.41) is 1.21. The molecule has 0 saturated carbocycles. The highest BCUT2D eigenvalue weighted by Gasteiger charge is 2.33. The second-order valence-electron chi connectivity index (χ2n) is 11.6. The van der Waals surface area contributed by atoms with Gasteiger partial charge in [0, 0.05) is 30.1 Å². The summed E-state index contributed by atoms with van der Waals surface area (Å²) in [4.78, 5) is 12.9. The van der Waals surface area contributed by atoms with Gasteiger partial charge in [0.25, 0.3) is 0 Å². The van der Waals surface area contributed by atoms with Crippen molar-refractivity contribution >= 4 is 16.9 Å². The van der Waals surface area contributed by atoms with E-state index in [0.717, 1.165) is 55.7 Å². The number of unbranched alkanes of at least 4 members (excludes halogenated alkanes) is 4. The third-order valence-electron chi connectivity index (χ3n) is 7.57. The number of fused-ring (bicyclic) bond motifs is 1. The normalized spacial score (nSPS) is 12.3. The second kappa shape index (κ2) is 14.7. The number of carbonyl (C=O) groups excluding carboxylic acids is 1. The van der Waals surface area contributed by atoms with Gasteiger partial charge >= 0.3 is 5.97 Å². The molecule has 0 amide bonds. The van der Waals surface area contributed by atoms with Gasteiger partial charge in [-0.2, -0.15) is 0 Å². The Morgan fingerprint density at radius 3 is 2.24 bits per heavy atom. The average molecular weight is 558 g/mol. The topological polar surface area (TPSA) is 49.7 Å². The Morgan fingerprint density at radius 2 is 1.51 bits per heavy atom. The van der Waals surface area contributed by atoms with Crippen LogP contribution in [0.5, 0.6) is 11.5 Å². The molecular weight excluding hydrogens is 512 g/mol. The highest BCUT2D eigenvalue weighted by Crippen LogP contribution is 2.24. The van der Waals surface area contributed by atoms with Gasteiger partial charge in [0.2, 0.25) is 0 Å². The number of aryl methyl sites for hydroxylation is 1. The highest BCUT2D eigenvalue weighted by molar-refractivity contribution is 5.81. The standard InChI is InChI=1S/C35H45N2O4/c1-37(2,3)34(25-28-15-17-31(39-4)18-16-28)35(38)40-24-12-7-5-6-11-22-36-23-21-30-26-32(19-20-33(30)36)41-27-29-13-9-8-10-14-29/h8-10,13-21,23,26,34H,5-7,11-12,22,24-25,27H2,1-4H3/q+1. The zero-order valence-electron chi connectivity index (χ0n) is 25.1. The van der Waals surface area contributed by atoms with Gasteiger partial charge in [-0.3, -0.25) is 0 Å². The van der Waals surface area contributed by atoms with Crippen LogP contribution in [0.4, 0.5) is 0 Å². The van der Waals surface area contributed by atoms with Gasteiger partial charge in [0.05, 0.1) is 34.9 Å². The summed E-state index contributed by atoms with van der Waals surface area (Å²) >= 11 is 0. The molecule has 1 unspecified atom stereocenters. The van der Waals surface area contributed by atoms with Crippen LogP contribution in [0.15, 0.2) is 85.1 Å². The van der Waals surface area contributed by atoms with E-state index in [2.05, 4.69) is 47.2 Å². The van der Waals surface area contributed by atoms with Gasteiger partial charge in [0.1, 0.15) is 18.1 Å². The molecule has 0 radical (unpaired) electrons. The van der Waals surface area contributed by atoms with E-state index in [-0.39, 0.29) is 12.0 Å². The van der Waals surface area contributed by atoms with Crippen molar-refractivity contribution in [1.82, 2.24) is 4.57 Å². The molecule has 4 aromatic rings. The Balaban J connectivity index is 1.13. The Morgan fingerprint density at radius 1 is 0.805 bits per heavy atom. The lowest BCUT2D eigenvalue weighted by molar-refractivity contribution is -0.887. The Kier molecular flexibility index (Phi) is 10.9. The lowest BCUT2D eigenvalue weighted by atomic mass is 10.0. The Hall–Kier alpha value is -3.77. The van der Waals surface area contributed by atoms with E-state index in [4.69, 9.17) is 14.2 Å². The lowest BCUT2D eigenvalue weighted by Gasteiger charge is -2.32. The van der Waals surface area contributed by atoms with E-state index in [9.17, 15) is 4.79 Å². The molecule has 41 heavy (non-hydrogen) atoms. The van der Waals surface area contributed by atoms with Crippen molar-refractivity contribution in [3.05, 3.63) is 96.2 Å². The Bertz CT molecular complexity index is 1360. The zero-order chi connectivity index (χ0) is 29.1. The molecule has 0 aliphatic heterocycles. The molecule has 1 aromatic heterocycles. The van der Waals surface area contributed by atoms with Crippen molar-refractivity contribution in [3.63, 3.8) is 0 Å². The predicted octanol–water partition coefficient (Wildman–Crippen LogP) is 7.04. The first-order valence-electron chi connectivity index (χ1n) is 14.7. The van der Waals surface area contributed by atoms with Crippen LogP contribution in [-0.2, 0) is 29.1 Å². The van der Waals surface area contributed by atoms with E-state index in [0.29, 0.717) is 24.1 Å². The molecule has 1 heterocycles. The Labute approximate surface area is 245 Å². The molecule has 1 atom stereocenters. The van der Waals surface area contributed by atoms with Crippen LogP contribution in [0.1, 0.15) is 43.2 Å². The minimum Gasteiger partial charge on any atom is -0.497 e. The molecule has 0 aliphatic carbocycles. The number of quaternary nitrogens is 1. The summed E-state index contributed by atoms with van der Waals surface area (Å²) in [5.74, 6) is 1.59. The number of esters is 1. The minimum atomic E-state index is -0.244. The van der Waals surface area contributed by atoms with Crippen LogP contribution >= 0.6 is 0 Å². The quantitative estimate of drug-likeness (QED) is 0.0842. The summed E-state index contributed by atoms with van der Waals surface area (Å²) in [6.07, 6.45) is 8.19. The third-order valence-corrected chi connectivity index (χ3v) is 7.57. The van der Waals surface area contributed by atoms with E-state index >= 15 is 0 Å². The number of methoxy groups -OCH3 is 1. The number of carbonyl (C=O) groups is 1. The molecule has 3 aromatic carbocycles. The molecular formula is C35H45N2O4+. The lowest BCUT2D eigenvalue weighted by Crippen LogP contribution is -2.51. The van der Waals surface area contributed by atoms with Gasteiger partial charge in [-0.25, -0.2) is 4.79 Å². The van der Waals surface area contributed by atoms with Crippen LogP contribution < -0.4 is 9.47 Å². The third kappa shape index (κ3) is 9.12. The molecule has 0 bridgehead atoms. The first kappa shape index (κ1) is 30.2. The van der Waals surface area contributed by atoms with E-state index in [1.54, 1.807) is 7.11 Å². The molecule has 6 heteroatoms. The van der Waals surface area contributed by atoms with Crippen molar-refractivity contribution in [3.8, 4) is 11.5 Å². The van der Waals surface area contributed by atoms with Crippen molar-refractivity contribution in [2.75, 3.05) is 34.9 Å². The number of likely N-dealkylation sites (N-methyl/N-ethyl adjacent to an activating group) is 1. The maximum absolute atomic E-state index is 12.9. The number of aromatic nitrogens is 1. The van der Waals surface area contributed by atoms with Crippen LogP contribution in [0.2, 0.25) is 0 Å². The summed E-state index contributed by atoms with van der Waals surface area (Å²) in [7, 11) is 7.79. The van der Waals surface area contributed by atoms with E-state index < -0.39 is 0 Å². The zero-order valence-corrected chi connectivity index (χ0v) is 25.1. The number of benzene rings is 3.